The molecule has 0 N–H and O–H groups in total. The van der Waals surface area contributed by atoms with E-state index in [4.69, 9.17) is 39.5 Å². The lowest BCUT2D eigenvalue weighted by molar-refractivity contribution is -0.158. The van der Waals surface area contributed by atoms with Crippen LogP contribution < -0.4 is 4.90 Å². The first kappa shape index (κ1) is 28.6. The molecule has 3 rings (SSSR count). The van der Waals surface area contributed by atoms with Crippen LogP contribution in [0.1, 0.15) is 59.1 Å². The number of anilines is 1. The number of piperazine rings is 1. The minimum absolute atomic E-state index is 0.0182. The lowest BCUT2D eigenvalue weighted by atomic mass is 9.91. The number of benzene rings is 2. The van der Waals surface area contributed by atoms with Crippen molar-refractivity contribution >= 4 is 52.4 Å². The molecular weight excluding hydrogens is 519 g/mol. The maximum atomic E-state index is 13.8. The van der Waals surface area contributed by atoms with Crippen LogP contribution in [0.15, 0.2) is 42.5 Å². The fraction of sp³-hybridized carbons (Fsp3) is 0.500. The Bertz CT molecular complexity index is 1070. The second-order valence-corrected chi connectivity index (χ2v) is 12.0. The molecule has 0 saturated carbocycles. The fourth-order valence-corrected chi connectivity index (χ4v) is 5.28. The van der Waals surface area contributed by atoms with E-state index in [9.17, 15) is 9.59 Å². The van der Waals surface area contributed by atoms with Crippen LogP contribution in [-0.4, -0.2) is 42.0 Å². The van der Waals surface area contributed by atoms with Crippen molar-refractivity contribution in [2.24, 2.45) is 11.8 Å². The van der Waals surface area contributed by atoms with E-state index in [-0.39, 0.29) is 30.3 Å². The van der Waals surface area contributed by atoms with Gasteiger partial charge in [-0.05, 0) is 69.0 Å². The summed E-state index contributed by atoms with van der Waals surface area (Å²) >= 11 is 18.9. The summed E-state index contributed by atoms with van der Waals surface area (Å²) in [5.41, 5.74) is 1.29. The molecule has 0 aliphatic carbocycles. The van der Waals surface area contributed by atoms with Crippen molar-refractivity contribution < 1.29 is 14.3 Å². The van der Waals surface area contributed by atoms with E-state index < -0.39 is 11.5 Å². The van der Waals surface area contributed by atoms with Crippen molar-refractivity contribution in [3.05, 3.63) is 63.1 Å². The van der Waals surface area contributed by atoms with Crippen LogP contribution in [0.5, 0.6) is 0 Å². The van der Waals surface area contributed by atoms with Gasteiger partial charge in [0.25, 0.3) is 0 Å². The van der Waals surface area contributed by atoms with Gasteiger partial charge < -0.3 is 14.5 Å². The number of hydrogen-bond donors (Lipinski definition) is 0. The van der Waals surface area contributed by atoms with E-state index in [1.807, 2.05) is 62.1 Å². The summed E-state index contributed by atoms with van der Waals surface area (Å²) in [6.45, 7) is 11.2. The van der Waals surface area contributed by atoms with Gasteiger partial charge in [0.15, 0.2) is 0 Å². The number of carbonyl (C=O) groups excluding carboxylic acids is 2. The molecule has 1 heterocycles. The van der Waals surface area contributed by atoms with E-state index in [2.05, 4.69) is 18.7 Å². The molecular formula is C28H35Cl3N2O3. The average Bonchev–Trinajstić information content (AvgIpc) is 2.77. The van der Waals surface area contributed by atoms with Crippen LogP contribution in [0.25, 0.3) is 0 Å². The maximum Gasteiger partial charge on any atom is 0.307 e. The Labute approximate surface area is 229 Å². The molecule has 0 aromatic heterocycles. The number of nitrogens with zero attached hydrogens (tertiary/aromatic N) is 2. The molecule has 0 radical (unpaired) electrons. The number of ether oxygens (including phenoxy) is 1. The van der Waals surface area contributed by atoms with Gasteiger partial charge in [-0.1, -0.05) is 60.8 Å². The van der Waals surface area contributed by atoms with E-state index in [1.165, 1.54) is 0 Å². The lowest BCUT2D eigenvalue weighted by Crippen LogP contribution is -2.52. The van der Waals surface area contributed by atoms with Crippen molar-refractivity contribution in [3.63, 3.8) is 0 Å². The maximum absolute atomic E-state index is 13.8. The molecule has 8 heteroatoms. The van der Waals surface area contributed by atoms with Crippen LogP contribution in [0.3, 0.4) is 0 Å². The summed E-state index contributed by atoms with van der Waals surface area (Å²) in [4.78, 5) is 30.5. The zero-order valence-corrected chi connectivity index (χ0v) is 23.8. The molecule has 2 aromatic carbocycles. The molecule has 1 aliphatic rings. The molecule has 1 amide bonds. The highest BCUT2D eigenvalue weighted by molar-refractivity contribution is 6.36. The Morgan fingerprint density at radius 3 is 2.22 bits per heavy atom. The number of amides is 1. The summed E-state index contributed by atoms with van der Waals surface area (Å²) in [6.07, 6.45) is 0.691. The largest absolute Gasteiger partial charge is 0.460 e. The van der Waals surface area contributed by atoms with Gasteiger partial charge in [0.2, 0.25) is 5.91 Å². The Morgan fingerprint density at radius 2 is 1.64 bits per heavy atom. The van der Waals surface area contributed by atoms with Crippen molar-refractivity contribution in [2.75, 3.05) is 24.5 Å². The van der Waals surface area contributed by atoms with E-state index in [0.29, 0.717) is 41.1 Å². The van der Waals surface area contributed by atoms with Crippen LogP contribution >= 0.6 is 34.8 Å². The summed E-state index contributed by atoms with van der Waals surface area (Å²) in [5, 5.41) is 1.77. The first-order valence-corrected chi connectivity index (χ1v) is 13.4. The minimum Gasteiger partial charge on any atom is -0.460 e. The van der Waals surface area contributed by atoms with Gasteiger partial charge in [0.05, 0.1) is 23.2 Å². The number of hydrogen-bond acceptors (Lipinski definition) is 4. The summed E-state index contributed by atoms with van der Waals surface area (Å²) in [5.74, 6) is -0.531. The number of esters is 1. The molecule has 1 saturated heterocycles. The third kappa shape index (κ3) is 7.77. The number of halogens is 3. The van der Waals surface area contributed by atoms with E-state index in [0.717, 1.165) is 11.3 Å². The third-order valence-corrected chi connectivity index (χ3v) is 6.89. The van der Waals surface area contributed by atoms with Crippen LogP contribution in [0.4, 0.5) is 5.69 Å². The van der Waals surface area contributed by atoms with Crippen LogP contribution in [-0.2, 0) is 14.3 Å². The summed E-state index contributed by atoms with van der Waals surface area (Å²) in [7, 11) is 0. The predicted octanol–water partition coefficient (Wildman–Crippen LogP) is 7.43. The van der Waals surface area contributed by atoms with E-state index in [1.54, 1.807) is 6.07 Å². The normalized spacial score (nSPS) is 17.3. The van der Waals surface area contributed by atoms with Gasteiger partial charge in [-0.2, -0.15) is 0 Å². The number of rotatable bonds is 7. The predicted molar refractivity (Wildman–Crippen MR) is 148 cm³/mol. The molecule has 5 nitrogen and oxygen atoms in total. The zero-order valence-electron chi connectivity index (χ0n) is 21.6. The third-order valence-electron chi connectivity index (χ3n) is 6.10. The highest BCUT2D eigenvalue weighted by Gasteiger charge is 2.36. The molecule has 0 unspecified atom stereocenters. The molecule has 2 atom stereocenters. The first-order valence-electron chi connectivity index (χ1n) is 12.3. The molecule has 1 aliphatic heterocycles. The van der Waals surface area contributed by atoms with Gasteiger partial charge in [-0.15, -0.1) is 0 Å². The highest BCUT2D eigenvalue weighted by atomic mass is 35.5. The quantitative estimate of drug-likeness (QED) is 0.335. The van der Waals surface area contributed by atoms with Gasteiger partial charge in [0, 0.05) is 35.6 Å². The van der Waals surface area contributed by atoms with Crippen LogP contribution in [0.2, 0.25) is 15.1 Å². The minimum atomic E-state index is -0.592. The Morgan fingerprint density at radius 1 is 1.00 bits per heavy atom. The van der Waals surface area contributed by atoms with Crippen molar-refractivity contribution in [2.45, 2.75) is 59.1 Å². The smallest absolute Gasteiger partial charge is 0.307 e. The highest BCUT2D eigenvalue weighted by Crippen LogP contribution is 2.37. The second-order valence-electron chi connectivity index (χ2n) is 10.8. The zero-order chi connectivity index (χ0) is 26.6. The topological polar surface area (TPSA) is 49.9 Å². The summed E-state index contributed by atoms with van der Waals surface area (Å²) < 4.78 is 5.53. The average molecular weight is 554 g/mol. The van der Waals surface area contributed by atoms with Crippen molar-refractivity contribution in [1.82, 2.24) is 4.90 Å². The second kappa shape index (κ2) is 12.1. The standard InChI is InChI=1S/C28H35Cl3N2O3/c1-18(2)14-20(15-26(34)36-28(3,4)5)27(35)32-12-13-33(24-11-10-22(30)16-23(24)31)25(17-32)19-6-8-21(29)9-7-19/h6-11,16,18,20,25H,12-15,17H2,1-5H3/t20-,25+/m1/s1. The molecule has 2 aromatic rings. The first-order chi connectivity index (χ1) is 16.8. The van der Waals surface area contributed by atoms with Gasteiger partial charge >= 0.3 is 5.97 Å². The number of carbonyl (C=O) groups is 2. The molecule has 36 heavy (non-hydrogen) atoms. The molecule has 0 spiro atoms. The monoisotopic (exact) mass is 552 g/mol. The Hall–Kier alpha value is -1.95. The van der Waals surface area contributed by atoms with Crippen LogP contribution in [0, 0.1) is 11.8 Å². The lowest BCUT2D eigenvalue weighted by Gasteiger charge is -2.44. The molecule has 1 fully saturated rings. The molecule has 0 bridgehead atoms. The Kier molecular flexibility index (Phi) is 9.59. The van der Waals surface area contributed by atoms with Crippen molar-refractivity contribution in [1.29, 1.82) is 0 Å². The van der Waals surface area contributed by atoms with Gasteiger partial charge in [-0.25, -0.2) is 0 Å². The molecule has 196 valence electrons. The SMILES string of the molecule is CC(C)C[C@H](CC(=O)OC(C)(C)C)C(=O)N1CCN(c2ccc(Cl)cc2Cl)[C@H](c2ccc(Cl)cc2)C1. The Balaban J connectivity index is 1.88. The fourth-order valence-electron chi connectivity index (χ4n) is 4.64. The van der Waals surface area contributed by atoms with E-state index >= 15 is 0 Å². The van der Waals surface area contributed by atoms with Crippen molar-refractivity contribution in [3.8, 4) is 0 Å². The van der Waals surface area contributed by atoms with Gasteiger partial charge in [-0.3, -0.25) is 9.59 Å². The summed E-state index contributed by atoms with van der Waals surface area (Å²) in [6, 6.07) is 13.0. The van der Waals surface area contributed by atoms with Gasteiger partial charge in [0.1, 0.15) is 5.60 Å².